The van der Waals surface area contributed by atoms with Gasteiger partial charge in [0, 0.05) is 37.1 Å². The summed E-state index contributed by atoms with van der Waals surface area (Å²) in [4.78, 5) is 2.35. The zero-order valence-electron chi connectivity index (χ0n) is 11.8. The van der Waals surface area contributed by atoms with E-state index in [1.165, 1.54) is 12.8 Å². The fraction of sp³-hybridized carbons (Fsp3) is 1.00. The molecular formula is C14H28N2O. The van der Waals surface area contributed by atoms with Crippen molar-refractivity contribution in [1.29, 1.82) is 0 Å². The third-order valence-electron chi connectivity index (χ3n) is 4.73. The first-order valence-electron chi connectivity index (χ1n) is 7.11. The highest BCUT2D eigenvalue weighted by atomic mass is 16.5. The molecule has 2 rings (SSSR count). The van der Waals surface area contributed by atoms with Gasteiger partial charge in [-0.1, -0.05) is 20.8 Å². The van der Waals surface area contributed by atoms with E-state index in [0.717, 1.165) is 32.2 Å². The molecule has 3 heteroatoms. The summed E-state index contributed by atoms with van der Waals surface area (Å²) in [5, 5.41) is 3.75. The van der Waals surface area contributed by atoms with Gasteiger partial charge >= 0.3 is 0 Å². The number of hydrogen-bond donors (Lipinski definition) is 1. The number of hydrogen-bond acceptors (Lipinski definition) is 3. The van der Waals surface area contributed by atoms with Crippen molar-refractivity contribution in [1.82, 2.24) is 10.2 Å². The van der Waals surface area contributed by atoms with Gasteiger partial charge in [-0.2, -0.15) is 0 Å². The van der Waals surface area contributed by atoms with Crippen LogP contribution < -0.4 is 5.32 Å². The molecule has 3 unspecified atom stereocenters. The zero-order valence-corrected chi connectivity index (χ0v) is 11.8. The van der Waals surface area contributed by atoms with E-state index in [0.29, 0.717) is 17.6 Å². The lowest BCUT2D eigenvalue weighted by Crippen LogP contribution is -2.69. The first-order valence-corrected chi connectivity index (χ1v) is 7.11. The zero-order chi connectivity index (χ0) is 12.5. The Kier molecular flexibility index (Phi) is 4.11. The fourth-order valence-electron chi connectivity index (χ4n) is 3.51. The Morgan fingerprint density at radius 3 is 2.88 bits per heavy atom. The second kappa shape index (κ2) is 5.25. The van der Waals surface area contributed by atoms with Gasteiger partial charge in [0.05, 0.1) is 6.10 Å². The molecular weight excluding hydrogens is 212 g/mol. The van der Waals surface area contributed by atoms with Crippen molar-refractivity contribution >= 4 is 0 Å². The summed E-state index contributed by atoms with van der Waals surface area (Å²) in [7, 11) is 2.18. The molecule has 17 heavy (non-hydrogen) atoms. The number of nitrogens with one attached hydrogen (secondary N) is 1. The van der Waals surface area contributed by atoms with Crippen molar-refractivity contribution in [2.24, 2.45) is 11.3 Å². The maximum Gasteiger partial charge on any atom is 0.0684 e. The van der Waals surface area contributed by atoms with Crippen molar-refractivity contribution in [3.63, 3.8) is 0 Å². The maximum atomic E-state index is 5.92. The summed E-state index contributed by atoms with van der Waals surface area (Å²) >= 11 is 0. The molecule has 0 amide bonds. The summed E-state index contributed by atoms with van der Waals surface area (Å²) in [6, 6.07) is 0.651. The minimum atomic E-state index is 0.315. The minimum absolute atomic E-state index is 0.315. The van der Waals surface area contributed by atoms with Crippen LogP contribution in [0.1, 0.15) is 33.6 Å². The Balaban J connectivity index is 1.80. The highest BCUT2D eigenvalue weighted by Gasteiger charge is 2.57. The number of fused-ring (bicyclic) bond motifs is 1. The second-order valence-electron chi connectivity index (χ2n) is 6.25. The highest BCUT2D eigenvalue weighted by Crippen LogP contribution is 2.51. The SMILES string of the molecule is CCN(C)CCNC1C2CCCOC2C1(C)C. The van der Waals surface area contributed by atoms with Crippen LogP contribution in [0.2, 0.25) is 0 Å². The molecule has 1 heterocycles. The van der Waals surface area contributed by atoms with Crippen LogP contribution in [-0.2, 0) is 4.74 Å². The monoisotopic (exact) mass is 240 g/mol. The summed E-state index contributed by atoms with van der Waals surface area (Å²) in [6.45, 7) is 11.2. The van der Waals surface area contributed by atoms with Crippen molar-refractivity contribution < 1.29 is 4.74 Å². The van der Waals surface area contributed by atoms with Gasteiger partial charge in [-0.05, 0) is 26.4 Å². The van der Waals surface area contributed by atoms with E-state index in [1.54, 1.807) is 0 Å². The van der Waals surface area contributed by atoms with Gasteiger partial charge in [0.15, 0.2) is 0 Å². The van der Waals surface area contributed by atoms with E-state index >= 15 is 0 Å². The Labute approximate surface area is 106 Å². The molecule has 1 aliphatic carbocycles. The Morgan fingerprint density at radius 2 is 2.18 bits per heavy atom. The van der Waals surface area contributed by atoms with Crippen LogP contribution in [-0.4, -0.2) is 50.3 Å². The average molecular weight is 240 g/mol. The quantitative estimate of drug-likeness (QED) is 0.792. The molecule has 1 aliphatic heterocycles. The van der Waals surface area contributed by atoms with E-state index in [2.05, 4.69) is 38.0 Å². The lowest BCUT2D eigenvalue weighted by molar-refractivity contribution is -0.192. The highest BCUT2D eigenvalue weighted by molar-refractivity contribution is 5.10. The first kappa shape index (κ1) is 13.3. The van der Waals surface area contributed by atoms with Gasteiger partial charge in [-0.3, -0.25) is 0 Å². The molecule has 2 aliphatic rings. The summed E-state index contributed by atoms with van der Waals surface area (Å²) < 4.78 is 5.92. The molecule has 3 atom stereocenters. The van der Waals surface area contributed by atoms with Crippen molar-refractivity contribution in [3.05, 3.63) is 0 Å². The van der Waals surface area contributed by atoms with Gasteiger partial charge in [-0.25, -0.2) is 0 Å². The average Bonchev–Trinajstić information content (AvgIpc) is 2.34. The minimum Gasteiger partial charge on any atom is -0.377 e. The molecule has 0 aromatic carbocycles. The third kappa shape index (κ3) is 2.51. The van der Waals surface area contributed by atoms with Crippen molar-refractivity contribution in [2.45, 2.75) is 45.8 Å². The molecule has 1 N–H and O–H groups in total. The topological polar surface area (TPSA) is 24.5 Å². The molecule has 0 aromatic rings. The third-order valence-corrected chi connectivity index (χ3v) is 4.73. The predicted octanol–water partition coefficient (Wildman–Crippen LogP) is 1.73. The van der Waals surface area contributed by atoms with E-state index in [9.17, 15) is 0 Å². The van der Waals surface area contributed by atoms with Crippen molar-refractivity contribution in [3.8, 4) is 0 Å². The van der Waals surface area contributed by atoms with Gasteiger partial charge in [0.25, 0.3) is 0 Å². The van der Waals surface area contributed by atoms with Crippen LogP contribution >= 0.6 is 0 Å². The largest absolute Gasteiger partial charge is 0.377 e. The van der Waals surface area contributed by atoms with E-state index in [4.69, 9.17) is 4.74 Å². The first-order chi connectivity index (χ1) is 8.07. The molecule has 0 bridgehead atoms. The summed E-state index contributed by atoms with van der Waals surface area (Å²) in [5.41, 5.74) is 0.315. The number of ether oxygens (including phenoxy) is 1. The van der Waals surface area contributed by atoms with Crippen LogP contribution in [0, 0.1) is 11.3 Å². The maximum absolute atomic E-state index is 5.92. The lowest BCUT2D eigenvalue weighted by atomic mass is 9.55. The van der Waals surface area contributed by atoms with E-state index < -0.39 is 0 Å². The molecule has 0 aromatic heterocycles. The normalized spacial score (nSPS) is 35.5. The number of nitrogens with zero attached hydrogens (tertiary/aromatic N) is 1. The molecule has 0 radical (unpaired) electrons. The summed E-state index contributed by atoms with van der Waals surface area (Å²) in [6.07, 6.45) is 3.08. The molecule has 100 valence electrons. The van der Waals surface area contributed by atoms with Crippen LogP contribution in [0.25, 0.3) is 0 Å². The molecule has 2 fully saturated rings. The fourth-order valence-corrected chi connectivity index (χ4v) is 3.51. The van der Waals surface area contributed by atoms with Crippen molar-refractivity contribution in [2.75, 3.05) is 33.3 Å². The molecule has 1 saturated carbocycles. The van der Waals surface area contributed by atoms with Crippen LogP contribution in [0.5, 0.6) is 0 Å². The molecule has 3 nitrogen and oxygen atoms in total. The lowest BCUT2D eigenvalue weighted by Gasteiger charge is -2.60. The van der Waals surface area contributed by atoms with Crippen LogP contribution in [0.3, 0.4) is 0 Å². The number of likely N-dealkylation sites (N-methyl/N-ethyl adjacent to an activating group) is 1. The van der Waals surface area contributed by atoms with Crippen LogP contribution in [0.4, 0.5) is 0 Å². The Hall–Kier alpha value is -0.120. The number of rotatable bonds is 5. The van der Waals surface area contributed by atoms with Gasteiger partial charge < -0.3 is 15.0 Å². The smallest absolute Gasteiger partial charge is 0.0684 e. The standard InChI is InChI=1S/C14H28N2O/c1-5-16(4)9-8-15-12-11-7-6-10-17-13(11)14(12,2)3/h11-13,15H,5-10H2,1-4H3. The van der Waals surface area contributed by atoms with Gasteiger partial charge in [0.2, 0.25) is 0 Å². The second-order valence-corrected chi connectivity index (χ2v) is 6.25. The van der Waals surface area contributed by atoms with Gasteiger partial charge in [-0.15, -0.1) is 0 Å². The van der Waals surface area contributed by atoms with E-state index in [-0.39, 0.29) is 0 Å². The Bertz CT molecular complexity index is 255. The van der Waals surface area contributed by atoms with Gasteiger partial charge in [0.1, 0.15) is 0 Å². The molecule has 1 saturated heterocycles. The van der Waals surface area contributed by atoms with E-state index in [1.807, 2.05) is 0 Å². The predicted molar refractivity (Wildman–Crippen MR) is 71.2 cm³/mol. The van der Waals surface area contributed by atoms with Crippen LogP contribution in [0.15, 0.2) is 0 Å². The molecule has 0 spiro atoms. The Morgan fingerprint density at radius 1 is 1.41 bits per heavy atom. The summed E-state index contributed by atoms with van der Waals surface area (Å²) in [5.74, 6) is 0.755.